The number of nitrogens with one attached hydrogen (secondary N) is 1. The Morgan fingerprint density at radius 2 is 2.27 bits per heavy atom. The number of hydrogen-bond acceptors (Lipinski definition) is 6. The topological polar surface area (TPSA) is 78.3 Å². The van der Waals surface area contributed by atoms with E-state index < -0.39 is 0 Å². The predicted molar refractivity (Wildman–Crippen MR) is 81.1 cm³/mol. The van der Waals surface area contributed by atoms with Crippen molar-refractivity contribution in [2.24, 2.45) is 7.05 Å². The average molecular weight is 320 g/mol. The van der Waals surface area contributed by atoms with Gasteiger partial charge in [-0.25, -0.2) is 0 Å². The minimum atomic E-state index is -0.182. The van der Waals surface area contributed by atoms with Gasteiger partial charge in [0.2, 0.25) is 5.91 Å². The molecule has 1 atom stereocenters. The number of benzene rings is 1. The lowest BCUT2D eigenvalue weighted by molar-refractivity contribution is -0.119. The maximum atomic E-state index is 11.9. The molecular weight excluding hydrogens is 304 g/mol. The summed E-state index contributed by atoms with van der Waals surface area (Å²) in [5, 5.41) is 11.2. The zero-order valence-corrected chi connectivity index (χ0v) is 12.9. The van der Waals surface area contributed by atoms with Gasteiger partial charge in [-0.1, -0.05) is 23.9 Å². The molecule has 1 aliphatic rings. The largest absolute Gasteiger partial charge is 0.486 e. The summed E-state index contributed by atoms with van der Waals surface area (Å²) in [6.07, 6.45) is 1.42. The van der Waals surface area contributed by atoms with E-state index in [-0.39, 0.29) is 17.8 Å². The van der Waals surface area contributed by atoms with Crippen molar-refractivity contribution in [2.75, 3.05) is 18.9 Å². The molecule has 0 fully saturated rings. The Hall–Kier alpha value is -2.22. The van der Waals surface area contributed by atoms with Crippen LogP contribution in [0.3, 0.4) is 0 Å². The third-order valence-corrected chi connectivity index (χ3v) is 4.13. The molecular formula is C14H16N4O3S. The Bertz CT molecular complexity index is 661. The van der Waals surface area contributed by atoms with Crippen LogP contribution in [-0.2, 0) is 11.8 Å². The Labute approximate surface area is 132 Å². The first kappa shape index (κ1) is 14.7. The van der Waals surface area contributed by atoms with Crippen LogP contribution >= 0.6 is 11.8 Å². The number of fused-ring (bicyclic) bond motifs is 1. The summed E-state index contributed by atoms with van der Waals surface area (Å²) in [5.74, 6) is 1.66. The van der Waals surface area contributed by atoms with Gasteiger partial charge < -0.3 is 19.4 Å². The number of nitrogens with zero attached hydrogens (tertiary/aromatic N) is 3. The number of hydrogen-bond donors (Lipinski definition) is 1. The first-order valence-corrected chi connectivity index (χ1v) is 7.83. The summed E-state index contributed by atoms with van der Waals surface area (Å²) < 4.78 is 13.1. The number of carbonyl (C=O) groups excluding carboxylic acids is 1. The number of aryl methyl sites for hydroxylation is 1. The maximum Gasteiger partial charge on any atom is 0.230 e. The van der Waals surface area contributed by atoms with Gasteiger partial charge in [0.15, 0.2) is 16.7 Å². The molecule has 0 radical (unpaired) electrons. The molecule has 0 unspecified atom stereocenters. The van der Waals surface area contributed by atoms with Crippen LogP contribution in [0.15, 0.2) is 35.7 Å². The summed E-state index contributed by atoms with van der Waals surface area (Å²) in [7, 11) is 1.84. The lowest BCUT2D eigenvalue weighted by Crippen LogP contribution is -2.41. The SMILES string of the molecule is Cn1cnnc1SCC(=O)NC[C@H]1COc2ccccc2O1. The van der Waals surface area contributed by atoms with Gasteiger partial charge in [0.05, 0.1) is 12.3 Å². The van der Waals surface area contributed by atoms with Gasteiger partial charge >= 0.3 is 0 Å². The molecule has 1 N–H and O–H groups in total. The first-order valence-electron chi connectivity index (χ1n) is 6.84. The van der Waals surface area contributed by atoms with E-state index in [2.05, 4.69) is 15.5 Å². The van der Waals surface area contributed by atoms with Gasteiger partial charge in [0.25, 0.3) is 0 Å². The molecule has 1 aliphatic heterocycles. The molecule has 0 saturated carbocycles. The van der Waals surface area contributed by atoms with Gasteiger partial charge in [-0.05, 0) is 12.1 Å². The van der Waals surface area contributed by atoms with Crippen molar-refractivity contribution in [1.29, 1.82) is 0 Å². The molecule has 22 heavy (non-hydrogen) atoms. The summed E-state index contributed by atoms with van der Waals surface area (Å²) in [6.45, 7) is 0.834. The van der Waals surface area contributed by atoms with Crippen LogP contribution in [0, 0.1) is 0 Å². The quantitative estimate of drug-likeness (QED) is 0.824. The molecule has 0 aliphatic carbocycles. The second-order valence-corrected chi connectivity index (χ2v) is 5.76. The average Bonchev–Trinajstić information content (AvgIpc) is 2.96. The fourth-order valence-corrected chi connectivity index (χ4v) is 2.69. The van der Waals surface area contributed by atoms with Crippen molar-refractivity contribution in [3.8, 4) is 11.5 Å². The van der Waals surface area contributed by atoms with Gasteiger partial charge in [-0.15, -0.1) is 10.2 Å². The summed E-state index contributed by atoms with van der Waals surface area (Å²) in [6, 6.07) is 7.50. The molecule has 116 valence electrons. The molecule has 2 heterocycles. The van der Waals surface area contributed by atoms with Crippen LogP contribution in [0.1, 0.15) is 0 Å². The summed E-state index contributed by atoms with van der Waals surface area (Å²) >= 11 is 1.34. The highest BCUT2D eigenvalue weighted by Crippen LogP contribution is 2.30. The minimum absolute atomic E-state index is 0.0736. The molecule has 1 amide bonds. The molecule has 1 aromatic carbocycles. The standard InChI is InChI=1S/C14H16N4O3S/c1-18-9-16-17-14(18)22-8-13(19)15-6-10-7-20-11-4-2-3-5-12(11)21-10/h2-5,9-10H,6-8H2,1H3,(H,15,19)/t10-/m0/s1. The number of rotatable bonds is 5. The number of para-hydroxylation sites is 2. The summed E-state index contributed by atoms with van der Waals surface area (Å²) in [4.78, 5) is 11.9. The third kappa shape index (κ3) is 3.51. The van der Waals surface area contributed by atoms with Gasteiger partial charge in [-0.2, -0.15) is 0 Å². The lowest BCUT2D eigenvalue weighted by atomic mass is 10.2. The minimum Gasteiger partial charge on any atom is -0.486 e. The Balaban J connectivity index is 1.43. The van der Waals surface area contributed by atoms with Crippen molar-refractivity contribution in [1.82, 2.24) is 20.1 Å². The fraction of sp³-hybridized carbons (Fsp3) is 0.357. The second-order valence-electron chi connectivity index (χ2n) is 4.81. The van der Waals surface area contributed by atoms with Gasteiger partial charge in [-0.3, -0.25) is 4.79 Å². The monoisotopic (exact) mass is 320 g/mol. The highest BCUT2D eigenvalue weighted by atomic mass is 32.2. The van der Waals surface area contributed by atoms with Crippen molar-refractivity contribution in [2.45, 2.75) is 11.3 Å². The second kappa shape index (κ2) is 6.69. The highest BCUT2D eigenvalue weighted by molar-refractivity contribution is 7.99. The van der Waals surface area contributed by atoms with Crippen LogP contribution in [-0.4, -0.2) is 45.7 Å². The van der Waals surface area contributed by atoms with Gasteiger partial charge in [0.1, 0.15) is 19.0 Å². The lowest BCUT2D eigenvalue weighted by Gasteiger charge is -2.26. The van der Waals surface area contributed by atoms with Crippen molar-refractivity contribution >= 4 is 17.7 Å². The molecule has 7 nitrogen and oxygen atoms in total. The Morgan fingerprint density at radius 3 is 3.05 bits per heavy atom. The number of carbonyl (C=O) groups is 1. The van der Waals surface area contributed by atoms with E-state index >= 15 is 0 Å². The van der Waals surface area contributed by atoms with Crippen LogP contribution < -0.4 is 14.8 Å². The van der Waals surface area contributed by atoms with Crippen molar-refractivity contribution in [3.05, 3.63) is 30.6 Å². The predicted octanol–water partition coefficient (Wildman–Crippen LogP) is 0.863. The van der Waals surface area contributed by atoms with Crippen LogP contribution in [0.25, 0.3) is 0 Å². The van der Waals surface area contributed by atoms with Gasteiger partial charge in [0, 0.05) is 7.05 Å². The van der Waals surface area contributed by atoms with Crippen LogP contribution in [0.5, 0.6) is 11.5 Å². The van der Waals surface area contributed by atoms with Crippen LogP contribution in [0.4, 0.5) is 0 Å². The van der Waals surface area contributed by atoms with Crippen LogP contribution in [0.2, 0.25) is 0 Å². The van der Waals surface area contributed by atoms with Crippen molar-refractivity contribution in [3.63, 3.8) is 0 Å². The molecule has 1 aromatic heterocycles. The summed E-state index contributed by atoms with van der Waals surface area (Å²) in [5.41, 5.74) is 0. The van der Waals surface area contributed by atoms with E-state index in [9.17, 15) is 4.79 Å². The van der Waals surface area contributed by atoms with E-state index in [4.69, 9.17) is 9.47 Å². The van der Waals surface area contributed by atoms with Crippen molar-refractivity contribution < 1.29 is 14.3 Å². The zero-order valence-electron chi connectivity index (χ0n) is 12.1. The molecule has 0 spiro atoms. The highest BCUT2D eigenvalue weighted by Gasteiger charge is 2.21. The third-order valence-electron chi connectivity index (χ3n) is 3.10. The van der Waals surface area contributed by atoms with E-state index in [1.54, 1.807) is 10.9 Å². The number of amides is 1. The molecule has 0 bridgehead atoms. The van der Waals surface area contributed by atoms with E-state index in [1.165, 1.54) is 11.8 Å². The maximum absolute atomic E-state index is 11.9. The number of ether oxygens (including phenoxy) is 2. The molecule has 8 heteroatoms. The van der Waals surface area contributed by atoms with E-state index in [1.807, 2.05) is 31.3 Å². The fourth-order valence-electron chi connectivity index (χ4n) is 1.98. The Morgan fingerprint density at radius 1 is 1.45 bits per heavy atom. The normalized spacial score (nSPS) is 16.3. The smallest absolute Gasteiger partial charge is 0.230 e. The van der Waals surface area contributed by atoms with E-state index in [0.717, 1.165) is 5.75 Å². The molecule has 3 rings (SSSR count). The van der Waals surface area contributed by atoms with E-state index in [0.29, 0.717) is 24.1 Å². The first-order chi connectivity index (χ1) is 10.7. The molecule has 0 saturated heterocycles. The Kier molecular flexibility index (Phi) is 4.47. The number of aromatic nitrogens is 3. The zero-order chi connectivity index (χ0) is 15.4. The molecule has 2 aromatic rings. The number of thioether (sulfide) groups is 1.